The summed E-state index contributed by atoms with van der Waals surface area (Å²) in [4.78, 5) is 0. The van der Waals surface area contributed by atoms with Crippen molar-refractivity contribution in [3.8, 4) is 5.75 Å². The summed E-state index contributed by atoms with van der Waals surface area (Å²) in [7, 11) is 0. The van der Waals surface area contributed by atoms with Gasteiger partial charge in [0.2, 0.25) is 0 Å². The number of hydrogen-bond donors (Lipinski definition) is 1. The van der Waals surface area contributed by atoms with Gasteiger partial charge in [0.05, 0.1) is 12.0 Å². The van der Waals surface area contributed by atoms with Gasteiger partial charge in [-0.1, -0.05) is 117 Å². The number of para-hydroxylation sites is 1. The maximum atomic E-state index is 13.1. The van der Waals surface area contributed by atoms with Crippen molar-refractivity contribution in [3.63, 3.8) is 0 Å². The number of fused-ring (bicyclic) bond motifs is 1. The molecular weight excluding hydrogens is 656 g/mol. The van der Waals surface area contributed by atoms with Crippen LogP contribution in [0.2, 0.25) is 0 Å². The fraction of sp³-hybridized carbons (Fsp3) is 0.400. The molecule has 0 aromatic heterocycles. The Morgan fingerprint density at radius 3 is 1.90 bits per heavy atom. The van der Waals surface area contributed by atoms with Gasteiger partial charge in [-0.3, -0.25) is 0 Å². The SMILES string of the molecule is CC(C)(C)c1ccccc1O/C([O-])=C(/c1ccccc1)C1CCCC1.C[C]1[C](C)[C](C)[C](C)[C]1C.[CH]1[CH][C]2NC=CC(=[N+]3CCCC3)[C]2[CH]1.[Fe]. The van der Waals surface area contributed by atoms with Gasteiger partial charge in [0.15, 0.2) is 5.71 Å². The number of nitrogens with one attached hydrogen (secondary N) is 1. The first-order valence-electron chi connectivity index (χ1n) is 18.2. The third-order valence-electron chi connectivity index (χ3n) is 10.8. The molecule has 2 aromatic carbocycles. The van der Waals surface area contributed by atoms with Gasteiger partial charge >= 0.3 is 0 Å². The van der Waals surface area contributed by atoms with Crippen LogP contribution in [0.25, 0.3) is 5.57 Å². The van der Waals surface area contributed by atoms with Crippen LogP contribution < -0.4 is 15.2 Å². The molecule has 0 bridgehead atoms. The van der Waals surface area contributed by atoms with E-state index in [4.69, 9.17) is 4.74 Å². The third-order valence-corrected chi connectivity index (χ3v) is 10.8. The van der Waals surface area contributed by atoms with E-state index in [1.165, 1.54) is 86.0 Å². The first-order valence-corrected chi connectivity index (χ1v) is 18.2. The first-order chi connectivity index (χ1) is 23.5. The zero-order valence-electron chi connectivity index (χ0n) is 31.4. The van der Waals surface area contributed by atoms with E-state index in [9.17, 15) is 5.11 Å². The van der Waals surface area contributed by atoms with Crippen LogP contribution in [-0.2, 0) is 22.5 Å². The molecule has 3 saturated carbocycles. The second kappa shape index (κ2) is 18.3. The van der Waals surface area contributed by atoms with Crippen LogP contribution in [0.4, 0.5) is 0 Å². The third kappa shape index (κ3) is 9.68. The molecular formula is C45H56FeN2O2. The van der Waals surface area contributed by atoms with Crippen LogP contribution in [0.5, 0.6) is 5.75 Å². The molecule has 266 valence electrons. The van der Waals surface area contributed by atoms with Crippen molar-refractivity contribution in [1.82, 2.24) is 5.32 Å². The molecule has 10 radical (unpaired) electrons. The van der Waals surface area contributed by atoms with E-state index in [2.05, 4.69) is 90.6 Å². The quantitative estimate of drug-likeness (QED) is 0.195. The van der Waals surface area contributed by atoms with Crippen LogP contribution in [-0.4, -0.2) is 23.4 Å². The smallest absolute Gasteiger partial charge is 0.187 e. The zero-order chi connectivity index (χ0) is 35.1. The van der Waals surface area contributed by atoms with E-state index in [-0.39, 0.29) is 28.4 Å². The summed E-state index contributed by atoms with van der Waals surface area (Å²) >= 11 is 0. The van der Waals surface area contributed by atoms with Gasteiger partial charge < -0.3 is 15.2 Å². The molecule has 2 aliphatic heterocycles. The molecule has 7 rings (SSSR count). The van der Waals surface area contributed by atoms with Crippen molar-refractivity contribution < 1.29 is 31.5 Å². The maximum absolute atomic E-state index is 13.1. The van der Waals surface area contributed by atoms with Crippen molar-refractivity contribution in [2.75, 3.05) is 13.1 Å². The number of allylic oxidation sites excluding steroid dienone is 2. The monoisotopic (exact) mass is 712 g/mol. The van der Waals surface area contributed by atoms with Gasteiger partial charge in [0.25, 0.3) is 0 Å². The molecule has 0 amide bonds. The predicted molar refractivity (Wildman–Crippen MR) is 202 cm³/mol. The van der Waals surface area contributed by atoms with E-state index < -0.39 is 0 Å². The molecule has 0 spiro atoms. The van der Waals surface area contributed by atoms with Gasteiger partial charge in [0.1, 0.15) is 19.0 Å². The average molecular weight is 713 g/mol. The van der Waals surface area contributed by atoms with Gasteiger partial charge in [-0.15, -0.1) is 0 Å². The molecule has 0 unspecified atom stereocenters. The van der Waals surface area contributed by atoms with Gasteiger partial charge in [0, 0.05) is 47.9 Å². The Balaban J connectivity index is 0.000000188. The van der Waals surface area contributed by atoms with Gasteiger partial charge in [-0.05, 0) is 95.8 Å². The molecule has 5 heteroatoms. The Hall–Kier alpha value is -2.49. The van der Waals surface area contributed by atoms with E-state index in [0.717, 1.165) is 29.5 Å². The Kier molecular flexibility index (Phi) is 14.8. The average Bonchev–Trinajstić information content (AvgIpc) is 3.93. The number of rotatable bonds is 4. The molecule has 50 heavy (non-hydrogen) atoms. The Morgan fingerprint density at radius 2 is 1.32 bits per heavy atom. The van der Waals surface area contributed by atoms with Crippen molar-refractivity contribution in [1.29, 1.82) is 0 Å². The minimum absolute atomic E-state index is 0. The fourth-order valence-electron chi connectivity index (χ4n) is 7.39. The van der Waals surface area contributed by atoms with E-state index >= 15 is 0 Å². The molecule has 1 saturated heterocycles. The normalized spacial score (nSPS) is 21.9. The Morgan fingerprint density at radius 1 is 0.760 bits per heavy atom. The summed E-state index contributed by atoms with van der Waals surface area (Å²) in [6.07, 6.45) is 17.8. The number of ether oxygens (including phenoxy) is 1. The molecule has 1 N–H and O–H groups in total. The van der Waals surface area contributed by atoms with Crippen molar-refractivity contribution in [2.24, 2.45) is 5.92 Å². The second-order valence-corrected chi connectivity index (χ2v) is 14.9. The summed E-state index contributed by atoms with van der Waals surface area (Å²) < 4.78 is 8.41. The van der Waals surface area contributed by atoms with E-state index in [1.54, 1.807) is 0 Å². The molecule has 4 fully saturated rings. The number of hydrogen-bond acceptors (Lipinski definition) is 3. The van der Waals surface area contributed by atoms with Crippen LogP contribution >= 0.6 is 0 Å². The van der Waals surface area contributed by atoms with Crippen LogP contribution in [0.1, 0.15) is 105 Å². The summed E-state index contributed by atoms with van der Waals surface area (Å²) in [6.45, 7) is 19.8. The van der Waals surface area contributed by atoms with Crippen LogP contribution in [0, 0.1) is 66.7 Å². The van der Waals surface area contributed by atoms with Crippen LogP contribution in [0.3, 0.4) is 0 Å². The molecule has 3 aliphatic carbocycles. The topological polar surface area (TPSA) is 47.3 Å². The zero-order valence-corrected chi connectivity index (χ0v) is 32.5. The van der Waals surface area contributed by atoms with Gasteiger partial charge in [-0.2, -0.15) is 0 Å². The summed E-state index contributed by atoms with van der Waals surface area (Å²) in [5.74, 6) is 9.47. The van der Waals surface area contributed by atoms with E-state index in [0.29, 0.717) is 11.7 Å². The molecule has 2 heterocycles. The standard InChI is InChI=1S/C23H28O2.C12H14N2.C10H15.Fe/c1-23(2,3)19-15-9-10-16-20(19)25-22(24)21(18-13-7-8-14-18)17-11-5-4-6-12-17;1-2-9-14(8-1)12-6-7-13-11-5-3-4-10(11)12;1-6-7(2)9(4)10(5)8(6)3;/h4-6,9-12,15-16,18,24H,7-8,13-14H2,1-3H3;3-7,13H,1-2,8-9H2;1-5H3;/q;+1;;/p-1/b22-21-;;;. The largest absolute Gasteiger partial charge is 0.579 e. The maximum Gasteiger partial charge on any atom is 0.187 e. The fourth-order valence-corrected chi connectivity index (χ4v) is 7.39. The van der Waals surface area contributed by atoms with Crippen LogP contribution in [0.15, 0.2) is 72.8 Å². The van der Waals surface area contributed by atoms with Gasteiger partial charge in [-0.25, -0.2) is 4.58 Å². The molecule has 4 nitrogen and oxygen atoms in total. The predicted octanol–water partition coefficient (Wildman–Crippen LogP) is 9.34. The van der Waals surface area contributed by atoms with Crippen molar-refractivity contribution in [2.45, 2.75) is 99.3 Å². The molecule has 5 aliphatic rings. The molecule has 0 atom stereocenters. The minimum atomic E-state index is -0.199. The summed E-state index contributed by atoms with van der Waals surface area (Å²) in [5, 5.41) is 16.4. The Bertz CT molecular complexity index is 1400. The summed E-state index contributed by atoms with van der Waals surface area (Å²) in [6, 6.07) is 19.1. The summed E-state index contributed by atoms with van der Waals surface area (Å²) in [5.41, 5.74) is 4.20. The second-order valence-electron chi connectivity index (χ2n) is 14.9. The van der Waals surface area contributed by atoms with Crippen molar-refractivity contribution >= 4 is 11.3 Å². The minimum Gasteiger partial charge on any atom is -0.579 e. The van der Waals surface area contributed by atoms with E-state index in [1.807, 2.05) is 60.8 Å². The Labute approximate surface area is 315 Å². The molecule has 2 aromatic rings. The van der Waals surface area contributed by atoms with Crippen molar-refractivity contribution in [3.05, 3.63) is 145 Å². The number of nitrogens with zero attached hydrogens (tertiary/aromatic N) is 1. The first kappa shape index (κ1) is 40.3. The number of benzene rings is 2.